The lowest BCUT2D eigenvalue weighted by Crippen LogP contribution is -2.50. The van der Waals surface area contributed by atoms with Gasteiger partial charge in [0.25, 0.3) is 0 Å². The van der Waals surface area contributed by atoms with Gasteiger partial charge in [-0.25, -0.2) is 0 Å². The normalized spacial score (nSPS) is 12.8. The monoisotopic (exact) mass is 292 g/mol. The van der Waals surface area contributed by atoms with Crippen LogP contribution in [0.1, 0.15) is 39.2 Å². The smallest absolute Gasteiger partial charge is 0.233 e. The van der Waals surface area contributed by atoms with Crippen molar-refractivity contribution in [2.24, 2.45) is 11.1 Å². The molecule has 0 fully saturated rings. The van der Waals surface area contributed by atoms with Crippen molar-refractivity contribution in [2.75, 3.05) is 0 Å². The van der Waals surface area contributed by atoms with E-state index < -0.39 is 5.41 Å². The molecule has 0 saturated heterocycles. The van der Waals surface area contributed by atoms with Crippen LogP contribution in [0.2, 0.25) is 0 Å². The van der Waals surface area contributed by atoms with Crippen LogP contribution in [-0.2, 0) is 11.2 Å². The first kappa shape index (κ1) is 16.6. The molecular formula is C16H24N2OS. The van der Waals surface area contributed by atoms with Gasteiger partial charge in [0.1, 0.15) is 0 Å². The lowest BCUT2D eigenvalue weighted by atomic mass is 9.81. The Morgan fingerprint density at radius 2 is 1.85 bits per heavy atom. The molecule has 0 spiro atoms. The van der Waals surface area contributed by atoms with E-state index in [1.54, 1.807) is 0 Å². The Kier molecular flexibility index (Phi) is 6.14. The number of rotatable bonds is 7. The average Bonchev–Trinajstić information content (AvgIpc) is 2.41. The summed E-state index contributed by atoms with van der Waals surface area (Å²) in [6, 6.07) is 10.2. The highest BCUT2D eigenvalue weighted by molar-refractivity contribution is 7.80. The molecule has 1 unspecified atom stereocenters. The Labute approximate surface area is 126 Å². The van der Waals surface area contributed by atoms with Gasteiger partial charge in [-0.1, -0.05) is 56.4 Å². The molecule has 0 aliphatic heterocycles. The molecule has 4 heteroatoms. The van der Waals surface area contributed by atoms with Crippen molar-refractivity contribution in [3.8, 4) is 0 Å². The Morgan fingerprint density at radius 1 is 1.30 bits per heavy atom. The summed E-state index contributed by atoms with van der Waals surface area (Å²) in [7, 11) is 0. The lowest BCUT2D eigenvalue weighted by Gasteiger charge is -2.30. The molecule has 110 valence electrons. The van der Waals surface area contributed by atoms with E-state index in [9.17, 15) is 4.79 Å². The van der Waals surface area contributed by atoms with Gasteiger partial charge in [-0.3, -0.25) is 4.79 Å². The van der Waals surface area contributed by atoms with Crippen LogP contribution in [0.4, 0.5) is 0 Å². The Hall–Kier alpha value is -1.42. The van der Waals surface area contributed by atoms with Crippen molar-refractivity contribution in [3.63, 3.8) is 0 Å². The zero-order valence-corrected chi connectivity index (χ0v) is 13.3. The maximum Gasteiger partial charge on any atom is 0.233 e. The second kappa shape index (κ2) is 7.39. The first-order chi connectivity index (χ1) is 9.46. The number of nitrogens with one attached hydrogen (secondary N) is 1. The molecule has 0 radical (unpaired) electrons. The molecule has 0 heterocycles. The summed E-state index contributed by atoms with van der Waals surface area (Å²) in [5, 5.41) is 3.05. The van der Waals surface area contributed by atoms with Gasteiger partial charge < -0.3 is 11.1 Å². The van der Waals surface area contributed by atoms with Gasteiger partial charge in [-0.05, 0) is 31.7 Å². The largest absolute Gasteiger partial charge is 0.392 e. The fraction of sp³-hybridized carbons (Fsp3) is 0.500. The first-order valence-electron chi connectivity index (χ1n) is 7.11. The summed E-state index contributed by atoms with van der Waals surface area (Å²) in [6.45, 7) is 5.90. The fourth-order valence-corrected chi connectivity index (χ4v) is 2.79. The van der Waals surface area contributed by atoms with Gasteiger partial charge in [-0.15, -0.1) is 0 Å². The topological polar surface area (TPSA) is 55.1 Å². The Bertz CT molecular complexity index is 455. The highest BCUT2D eigenvalue weighted by Gasteiger charge is 2.38. The molecule has 1 amide bonds. The third-order valence-electron chi connectivity index (χ3n) is 3.88. The van der Waals surface area contributed by atoms with Crippen molar-refractivity contribution in [1.29, 1.82) is 0 Å². The summed E-state index contributed by atoms with van der Waals surface area (Å²) >= 11 is 5.10. The van der Waals surface area contributed by atoms with E-state index >= 15 is 0 Å². The molecule has 1 rings (SSSR count). The van der Waals surface area contributed by atoms with Crippen LogP contribution in [0.15, 0.2) is 30.3 Å². The second-order valence-electron chi connectivity index (χ2n) is 5.22. The maximum absolute atomic E-state index is 12.5. The third-order valence-corrected chi connectivity index (χ3v) is 4.27. The van der Waals surface area contributed by atoms with Crippen molar-refractivity contribution >= 4 is 23.1 Å². The zero-order chi connectivity index (χ0) is 15.2. The molecular weight excluding hydrogens is 268 g/mol. The van der Waals surface area contributed by atoms with Crippen LogP contribution in [0.3, 0.4) is 0 Å². The van der Waals surface area contributed by atoms with Crippen molar-refractivity contribution in [1.82, 2.24) is 5.32 Å². The van der Waals surface area contributed by atoms with Gasteiger partial charge in [0.2, 0.25) is 5.91 Å². The summed E-state index contributed by atoms with van der Waals surface area (Å²) in [5.41, 5.74) is 6.27. The zero-order valence-electron chi connectivity index (χ0n) is 12.5. The number of hydrogen-bond acceptors (Lipinski definition) is 2. The summed E-state index contributed by atoms with van der Waals surface area (Å²) in [6.07, 6.45) is 2.05. The van der Waals surface area contributed by atoms with E-state index in [2.05, 4.69) is 17.4 Å². The number of amides is 1. The summed E-state index contributed by atoms with van der Waals surface area (Å²) < 4.78 is 0. The molecule has 0 aliphatic rings. The van der Waals surface area contributed by atoms with E-state index in [4.69, 9.17) is 18.0 Å². The van der Waals surface area contributed by atoms with E-state index in [1.165, 1.54) is 5.56 Å². The maximum atomic E-state index is 12.5. The van der Waals surface area contributed by atoms with Crippen molar-refractivity contribution < 1.29 is 4.79 Å². The van der Waals surface area contributed by atoms with Gasteiger partial charge >= 0.3 is 0 Å². The van der Waals surface area contributed by atoms with Gasteiger partial charge in [0.05, 0.1) is 10.4 Å². The molecule has 0 saturated carbocycles. The fourth-order valence-electron chi connectivity index (χ4n) is 2.41. The average molecular weight is 292 g/mol. The number of carbonyl (C=O) groups is 1. The van der Waals surface area contributed by atoms with E-state index in [1.807, 2.05) is 39.0 Å². The first-order valence-corrected chi connectivity index (χ1v) is 7.52. The van der Waals surface area contributed by atoms with Crippen LogP contribution >= 0.6 is 12.2 Å². The number of benzene rings is 1. The van der Waals surface area contributed by atoms with Crippen molar-refractivity contribution in [2.45, 2.75) is 46.1 Å². The van der Waals surface area contributed by atoms with Crippen LogP contribution in [0, 0.1) is 5.41 Å². The van der Waals surface area contributed by atoms with E-state index in [0.29, 0.717) is 12.8 Å². The van der Waals surface area contributed by atoms with Gasteiger partial charge in [0, 0.05) is 6.04 Å². The summed E-state index contributed by atoms with van der Waals surface area (Å²) in [5.74, 6) is -0.0570. The molecule has 20 heavy (non-hydrogen) atoms. The van der Waals surface area contributed by atoms with E-state index in [0.717, 1.165) is 6.42 Å². The highest BCUT2D eigenvalue weighted by atomic mass is 32.1. The molecule has 3 N–H and O–H groups in total. The highest BCUT2D eigenvalue weighted by Crippen LogP contribution is 2.27. The van der Waals surface area contributed by atoms with Crippen LogP contribution in [0.25, 0.3) is 0 Å². The number of nitrogens with two attached hydrogens (primary N) is 1. The number of hydrogen-bond donors (Lipinski definition) is 2. The lowest BCUT2D eigenvalue weighted by molar-refractivity contribution is -0.128. The molecule has 1 aromatic carbocycles. The SMILES string of the molecule is CCC(CC)(C(=O)NC(C)Cc1ccccc1)C(N)=S. The molecule has 1 atom stereocenters. The summed E-state index contributed by atoms with van der Waals surface area (Å²) in [4.78, 5) is 12.8. The molecule has 0 aliphatic carbocycles. The standard InChI is InChI=1S/C16H24N2OS/c1-4-16(5-2,14(17)20)15(19)18-12(3)11-13-9-7-6-8-10-13/h6-10,12H,4-5,11H2,1-3H3,(H2,17,20)(H,18,19). The van der Waals surface area contributed by atoms with Crippen molar-refractivity contribution in [3.05, 3.63) is 35.9 Å². The minimum absolute atomic E-state index is 0.0525. The third kappa shape index (κ3) is 3.79. The quantitative estimate of drug-likeness (QED) is 0.760. The van der Waals surface area contributed by atoms with Crippen LogP contribution in [0.5, 0.6) is 0 Å². The van der Waals surface area contributed by atoms with Gasteiger partial charge in [0.15, 0.2) is 0 Å². The second-order valence-corrected chi connectivity index (χ2v) is 5.66. The predicted molar refractivity (Wildman–Crippen MR) is 87.6 cm³/mol. The minimum Gasteiger partial charge on any atom is -0.392 e. The number of thiocarbonyl (C=S) groups is 1. The van der Waals surface area contributed by atoms with Crippen LogP contribution < -0.4 is 11.1 Å². The minimum atomic E-state index is -0.722. The van der Waals surface area contributed by atoms with E-state index in [-0.39, 0.29) is 16.9 Å². The number of carbonyl (C=O) groups excluding carboxylic acids is 1. The predicted octanol–water partition coefficient (Wildman–Crippen LogP) is 2.83. The Morgan fingerprint density at radius 3 is 2.30 bits per heavy atom. The molecule has 0 bridgehead atoms. The molecule has 3 nitrogen and oxygen atoms in total. The Balaban J connectivity index is 2.71. The molecule has 1 aromatic rings. The van der Waals surface area contributed by atoms with Crippen LogP contribution in [-0.4, -0.2) is 16.9 Å². The molecule has 0 aromatic heterocycles. The van der Waals surface area contributed by atoms with Gasteiger partial charge in [-0.2, -0.15) is 0 Å².